The molecule has 0 aromatic carbocycles. The van der Waals surface area contributed by atoms with Crippen LogP contribution in [0.25, 0.3) is 0 Å². The summed E-state index contributed by atoms with van der Waals surface area (Å²) in [5.41, 5.74) is 0. The fraction of sp³-hybridized carbons (Fsp3) is 0.444. The number of hydrogen-bond acceptors (Lipinski definition) is 3. The van der Waals surface area contributed by atoms with Crippen LogP contribution in [-0.4, -0.2) is 22.7 Å². The second-order valence-electron chi connectivity index (χ2n) is 2.92. The number of anilines is 1. The van der Waals surface area contributed by atoms with E-state index in [2.05, 4.69) is 26.2 Å². The third kappa shape index (κ3) is 3.74. The molecule has 1 heterocycles. The summed E-state index contributed by atoms with van der Waals surface area (Å²) in [6, 6.07) is 4.08. The average Bonchev–Trinajstić information content (AvgIpc) is 2.09. The minimum atomic E-state index is 0.199. The molecule has 0 bridgehead atoms. The van der Waals surface area contributed by atoms with Crippen LogP contribution in [0, 0.1) is 0 Å². The molecule has 1 atom stereocenters. The number of aliphatic hydroxyl groups excluding tert-OH is 1. The lowest BCUT2D eigenvalue weighted by atomic mass is 10.2. The van der Waals surface area contributed by atoms with Crippen LogP contribution in [0.5, 0.6) is 0 Å². The van der Waals surface area contributed by atoms with Crippen molar-refractivity contribution in [3.05, 3.63) is 22.8 Å². The zero-order valence-electron chi connectivity index (χ0n) is 7.50. The van der Waals surface area contributed by atoms with Crippen molar-refractivity contribution in [1.82, 2.24) is 4.98 Å². The highest BCUT2D eigenvalue weighted by molar-refractivity contribution is 9.10. The van der Waals surface area contributed by atoms with E-state index >= 15 is 0 Å². The summed E-state index contributed by atoms with van der Waals surface area (Å²) in [5, 5.41) is 11.9. The quantitative estimate of drug-likeness (QED) is 0.853. The second-order valence-corrected chi connectivity index (χ2v) is 3.83. The number of nitrogens with zero attached hydrogens (tertiary/aromatic N) is 1. The number of pyridine rings is 1. The molecule has 13 heavy (non-hydrogen) atoms. The lowest BCUT2D eigenvalue weighted by Gasteiger charge is -2.12. The number of hydrogen-bond donors (Lipinski definition) is 2. The molecule has 0 radical (unpaired) electrons. The number of aromatic nitrogens is 1. The largest absolute Gasteiger partial charge is 0.396 e. The molecule has 0 aliphatic carbocycles. The Morgan fingerprint density at radius 3 is 2.92 bits per heavy atom. The minimum Gasteiger partial charge on any atom is -0.396 e. The van der Waals surface area contributed by atoms with Gasteiger partial charge in [-0.05, 0) is 41.4 Å². The highest BCUT2D eigenvalue weighted by atomic mass is 79.9. The molecule has 72 valence electrons. The van der Waals surface area contributed by atoms with Crippen LogP contribution in [0.1, 0.15) is 13.3 Å². The highest BCUT2D eigenvalue weighted by Crippen LogP contribution is 2.11. The van der Waals surface area contributed by atoms with Gasteiger partial charge in [-0.2, -0.15) is 0 Å². The van der Waals surface area contributed by atoms with Crippen molar-refractivity contribution in [2.45, 2.75) is 19.4 Å². The van der Waals surface area contributed by atoms with Crippen LogP contribution in [0.2, 0.25) is 0 Å². The molecule has 4 heteroatoms. The van der Waals surface area contributed by atoms with E-state index in [1.807, 2.05) is 19.1 Å². The molecule has 2 N–H and O–H groups in total. The van der Waals surface area contributed by atoms with Gasteiger partial charge >= 0.3 is 0 Å². The van der Waals surface area contributed by atoms with Gasteiger partial charge in [0.2, 0.25) is 0 Å². The molecule has 1 aromatic rings. The molecule has 1 aromatic heterocycles. The van der Waals surface area contributed by atoms with Crippen molar-refractivity contribution < 1.29 is 5.11 Å². The maximum Gasteiger partial charge on any atom is 0.126 e. The minimum absolute atomic E-state index is 0.199. The van der Waals surface area contributed by atoms with Crippen LogP contribution in [0.15, 0.2) is 22.8 Å². The zero-order chi connectivity index (χ0) is 9.68. The van der Waals surface area contributed by atoms with Gasteiger partial charge in [0.05, 0.1) is 0 Å². The summed E-state index contributed by atoms with van der Waals surface area (Å²) in [6.07, 6.45) is 2.48. The van der Waals surface area contributed by atoms with Crippen molar-refractivity contribution in [2.24, 2.45) is 0 Å². The molecule has 0 fully saturated rings. The fourth-order valence-electron chi connectivity index (χ4n) is 0.979. The van der Waals surface area contributed by atoms with Crippen molar-refractivity contribution in [3.8, 4) is 0 Å². The van der Waals surface area contributed by atoms with Gasteiger partial charge in [-0.1, -0.05) is 0 Å². The van der Waals surface area contributed by atoms with Crippen molar-refractivity contribution >= 4 is 21.7 Å². The monoisotopic (exact) mass is 244 g/mol. The van der Waals surface area contributed by atoms with E-state index in [9.17, 15) is 0 Å². The SMILES string of the molecule is CC(CCO)Nc1ccc(Br)cn1. The zero-order valence-corrected chi connectivity index (χ0v) is 9.08. The third-order valence-corrected chi connectivity index (χ3v) is 2.15. The van der Waals surface area contributed by atoms with E-state index in [0.29, 0.717) is 0 Å². The van der Waals surface area contributed by atoms with E-state index in [0.717, 1.165) is 16.7 Å². The third-order valence-electron chi connectivity index (χ3n) is 1.68. The molecule has 0 aliphatic heterocycles. The molecule has 0 spiro atoms. The van der Waals surface area contributed by atoms with E-state index in [4.69, 9.17) is 5.11 Å². The van der Waals surface area contributed by atoms with Crippen LogP contribution >= 0.6 is 15.9 Å². The molecular weight excluding hydrogens is 232 g/mol. The Kier molecular flexibility index (Phi) is 4.18. The van der Waals surface area contributed by atoms with Gasteiger partial charge in [0.15, 0.2) is 0 Å². The normalized spacial score (nSPS) is 12.5. The standard InChI is InChI=1S/C9H13BrN2O/c1-7(4-5-13)12-9-3-2-8(10)6-11-9/h2-3,6-7,13H,4-5H2,1H3,(H,11,12). The first-order chi connectivity index (χ1) is 6.22. The summed E-state index contributed by atoms with van der Waals surface area (Å²) >= 11 is 3.31. The van der Waals surface area contributed by atoms with Crippen LogP contribution in [-0.2, 0) is 0 Å². The summed E-state index contributed by atoms with van der Waals surface area (Å²) < 4.78 is 0.966. The van der Waals surface area contributed by atoms with Gasteiger partial charge in [0, 0.05) is 23.3 Å². The smallest absolute Gasteiger partial charge is 0.126 e. The number of rotatable bonds is 4. The van der Waals surface area contributed by atoms with Gasteiger partial charge in [-0.15, -0.1) is 0 Å². The maximum absolute atomic E-state index is 8.69. The Morgan fingerprint density at radius 1 is 1.62 bits per heavy atom. The Balaban J connectivity index is 2.49. The van der Waals surface area contributed by atoms with Crippen LogP contribution in [0.4, 0.5) is 5.82 Å². The average molecular weight is 245 g/mol. The summed E-state index contributed by atoms with van der Waals surface area (Å²) in [5.74, 6) is 0.837. The Hall–Kier alpha value is -0.610. The molecule has 0 amide bonds. The first-order valence-corrected chi connectivity index (χ1v) is 5.00. The molecule has 1 rings (SSSR count). The molecule has 0 saturated heterocycles. The van der Waals surface area contributed by atoms with E-state index in [1.54, 1.807) is 6.20 Å². The first kappa shape index (κ1) is 10.5. The molecule has 1 unspecified atom stereocenters. The maximum atomic E-state index is 8.69. The van der Waals surface area contributed by atoms with E-state index in [1.165, 1.54) is 0 Å². The van der Waals surface area contributed by atoms with Crippen molar-refractivity contribution in [3.63, 3.8) is 0 Å². The number of halogens is 1. The molecule has 3 nitrogen and oxygen atoms in total. The van der Waals surface area contributed by atoms with Gasteiger partial charge in [-0.25, -0.2) is 4.98 Å². The lowest BCUT2D eigenvalue weighted by Crippen LogP contribution is -2.17. The topological polar surface area (TPSA) is 45.1 Å². The first-order valence-electron chi connectivity index (χ1n) is 4.21. The van der Waals surface area contributed by atoms with Gasteiger partial charge in [0.1, 0.15) is 5.82 Å². The Labute approximate surface area is 86.3 Å². The fourth-order valence-corrected chi connectivity index (χ4v) is 1.21. The Bertz CT molecular complexity index is 250. The second kappa shape index (κ2) is 5.19. The van der Waals surface area contributed by atoms with Gasteiger partial charge in [-0.3, -0.25) is 0 Å². The predicted molar refractivity (Wildman–Crippen MR) is 56.7 cm³/mol. The van der Waals surface area contributed by atoms with Crippen LogP contribution < -0.4 is 5.32 Å². The highest BCUT2D eigenvalue weighted by Gasteiger charge is 2.00. The van der Waals surface area contributed by atoms with E-state index < -0.39 is 0 Å². The predicted octanol–water partition coefficient (Wildman–Crippen LogP) is 2.03. The van der Waals surface area contributed by atoms with Gasteiger partial charge in [0.25, 0.3) is 0 Å². The summed E-state index contributed by atoms with van der Waals surface area (Å²) in [4.78, 5) is 4.16. The van der Waals surface area contributed by atoms with Crippen molar-refractivity contribution in [1.29, 1.82) is 0 Å². The van der Waals surface area contributed by atoms with Gasteiger partial charge < -0.3 is 10.4 Å². The Morgan fingerprint density at radius 2 is 2.38 bits per heavy atom. The summed E-state index contributed by atoms with van der Waals surface area (Å²) in [7, 11) is 0. The van der Waals surface area contributed by atoms with Crippen molar-refractivity contribution in [2.75, 3.05) is 11.9 Å². The van der Waals surface area contributed by atoms with Crippen LogP contribution in [0.3, 0.4) is 0 Å². The number of aliphatic hydroxyl groups is 1. The molecule has 0 aliphatic rings. The summed E-state index contributed by atoms with van der Waals surface area (Å²) in [6.45, 7) is 2.21. The number of nitrogens with one attached hydrogen (secondary N) is 1. The molecular formula is C9H13BrN2O. The van der Waals surface area contributed by atoms with E-state index in [-0.39, 0.29) is 12.6 Å². The molecule has 0 saturated carbocycles. The lowest BCUT2D eigenvalue weighted by molar-refractivity contribution is 0.282.